The van der Waals surface area contributed by atoms with Crippen molar-refractivity contribution in [2.24, 2.45) is 5.92 Å². The second-order valence-electron chi connectivity index (χ2n) is 4.01. The van der Waals surface area contributed by atoms with E-state index in [0.29, 0.717) is 5.78 Å². The van der Waals surface area contributed by atoms with E-state index in [1.165, 1.54) is 5.56 Å². The van der Waals surface area contributed by atoms with Crippen molar-refractivity contribution in [1.29, 1.82) is 0 Å². The van der Waals surface area contributed by atoms with Gasteiger partial charge in [0, 0.05) is 12.3 Å². The summed E-state index contributed by atoms with van der Waals surface area (Å²) in [6, 6.07) is 10.3. The van der Waals surface area contributed by atoms with Gasteiger partial charge in [-0.25, -0.2) is 0 Å². The van der Waals surface area contributed by atoms with Gasteiger partial charge in [0.1, 0.15) is 5.78 Å². The first-order valence-corrected chi connectivity index (χ1v) is 5.84. The summed E-state index contributed by atoms with van der Waals surface area (Å²) < 4.78 is 0. The molecule has 0 saturated heterocycles. The minimum absolute atomic E-state index is 0.215. The van der Waals surface area contributed by atoms with E-state index in [1.807, 2.05) is 18.2 Å². The zero-order valence-corrected chi connectivity index (χ0v) is 9.70. The van der Waals surface area contributed by atoms with Crippen LogP contribution in [0.3, 0.4) is 0 Å². The smallest absolute Gasteiger partial charge is 0.136 e. The number of hydrogen-bond acceptors (Lipinski definition) is 1. The standard InChI is InChI=1S/C14H20O/c1-3-8-14(15)13(4-2)11-12-9-6-5-7-10-12/h5-7,9-10,13H,3-4,8,11H2,1-2H3. The van der Waals surface area contributed by atoms with Gasteiger partial charge in [-0.1, -0.05) is 44.2 Å². The highest BCUT2D eigenvalue weighted by Gasteiger charge is 2.15. The van der Waals surface area contributed by atoms with Crippen molar-refractivity contribution in [3.05, 3.63) is 35.9 Å². The Hall–Kier alpha value is -1.11. The fourth-order valence-corrected chi connectivity index (χ4v) is 1.83. The van der Waals surface area contributed by atoms with Crippen LogP contribution in [-0.2, 0) is 11.2 Å². The number of benzene rings is 1. The summed E-state index contributed by atoms with van der Waals surface area (Å²) in [7, 11) is 0. The fourth-order valence-electron chi connectivity index (χ4n) is 1.83. The number of carbonyl (C=O) groups excluding carboxylic acids is 1. The van der Waals surface area contributed by atoms with Crippen molar-refractivity contribution in [3.8, 4) is 0 Å². The van der Waals surface area contributed by atoms with E-state index in [2.05, 4.69) is 26.0 Å². The molecule has 0 radical (unpaired) electrons. The van der Waals surface area contributed by atoms with Crippen molar-refractivity contribution in [1.82, 2.24) is 0 Å². The lowest BCUT2D eigenvalue weighted by atomic mass is 9.91. The Kier molecular flexibility index (Phi) is 5.09. The van der Waals surface area contributed by atoms with Crippen molar-refractivity contribution in [3.63, 3.8) is 0 Å². The van der Waals surface area contributed by atoms with E-state index in [-0.39, 0.29) is 5.92 Å². The number of hydrogen-bond donors (Lipinski definition) is 0. The van der Waals surface area contributed by atoms with E-state index >= 15 is 0 Å². The van der Waals surface area contributed by atoms with E-state index in [0.717, 1.165) is 25.7 Å². The average Bonchev–Trinajstić information content (AvgIpc) is 2.27. The molecule has 1 aromatic rings. The fraction of sp³-hybridized carbons (Fsp3) is 0.500. The zero-order chi connectivity index (χ0) is 11.1. The molecule has 0 N–H and O–H groups in total. The molecule has 0 saturated carbocycles. The predicted octanol–water partition coefficient (Wildman–Crippen LogP) is 3.62. The molecule has 1 aromatic carbocycles. The van der Waals surface area contributed by atoms with E-state index in [9.17, 15) is 4.79 Å². The molecule has 1 nitrogen and oxygen atoms in total. The first-order chi connectivity index (χ1) is 7.27. The Morgan fingerprint density at radius 1 is 1.20 bits per heavy atom. The molecule has 0 aliphatic rings. The maximum atomic E-state index is 11.8. The van der Waals surface area contributed by atoms with Crippen molar-refractivity contribution >= 4 is 5.78 Å². The normalized spacial score (nSPS) is 12.4. The summed E-state index contributed by atoms with van der Waals surface area (Å²) in [5.41, 5.74) is 1.27. The van der Waals surface area contributed by atoms with Gasteiger partial charge in [0.2, 0.25) is 0 Å². The van der Waals surface area contributed by atoms with Gasteiger partial charge in [-0.3, -0.25) is 4.79 Å². The Bertz CT molecular complexity index is 289. The first-order valence-electron chi connectivity index (χ1n) is 5.84. The highest BCUT2D eigenvalue weighted by atomic mass is 16.1. The Balaban J connectivity index is 2.58. The van der Waals surface area contributed by atoms with Gasteiger partial charge >= 0.3 is 0 Å². The molecule has 0 aliphatic heterocycles. The summed E-state index contributed by atoms with van der Waals surface area (Å²) in [5, 5.41) is 0. The maximum absolute atomic E-state index is 11.8. The molecule has 0 aromatic heterocycles. The molecule has 0 heterocycles. The van der Waals surface area contributed by atoms with E-state index < -0.39 is 0 Å². The van der Waals surface area contributed by atoms with Crippen LogP contribution < -0.4 is 0 Å². The minimum atomic E-state index is 0.215. The van der Waals surface area contributed by atoms with Crippen LogP contribution >= 0.6 is 0 Å². The van der Waals surface area contributed by atoms with E-state index in [1.54, 1.807) is 0 Å². The van der Waals surface area contributed by atoms with Crippen molar-refractivity contribution < 1.29 is 4.79 Å². The third-order valence-electron chi connectivity index (χ3n) is 2.77. The summed E-state index contributed by atoms with van der Waals surface area (Å²) in [6.45, 7) is 4.16. The predicted molar refractivity (Wildman–Crippen MR) is 63.8 cm³/mol. The lowest BCUT2D eigenvalue weighted by Gasteiger charge is -2.13. The monoisotopic (exact) mass is 204 g/mol. The third-order valence-corrected chi connectivity index (χ3v) is 2.77. The molecular formula is C14H20O. The first kappa shape index (κ1) is 12.0. The number of Topliss-reactive ketones (excluding diaryl/α,β-unsaturated/α-hetero) is 1. The third kappa shape index (κ3) is 3.86. The van der Waals surface area contributed by atoms with Crippen LogP contribution in [0.2, 0.25) is 0 Å². The highest BCUT2D eigenvalue weighted by molar-refractivity contribution is 5.81. The number of ketones is 1. The second kappa shape index (κ2) is 6.39. The quantitative estimate of drug-likeness (QED) is 0.691. The largest absolute Gasteiger partial charge is 0.299 e. The Morgan fingerprint density at radius 3 is 2.40 bits per heavy atom. The van der Waals surface area contributed by atoms with Gasteiger partial charge < -0.3 is 0 Å². The molecule has 0 fully saturated rings. The van der Waals surface area contributed by atoms with Gasteiger partial charge in [-0.15, -0.1) is 0 Å². The highest BCUT2D eigenvalue weighted by Crippen LogP contribution is 2.15. The summed E-state index contributed by atoms with van der Waals surface area (Å²) >= 11 is 0. The van der Waals surface area contributed by atoms with Gasteiger partial charge in [0.05, 0.1) is 0 Å². The summed E-state index contributed by atoms with van der Waals surface area (Å²) in [6.07, 6.45) is 3.54. The molecule has 1 rings (SSSR count). The van der Waals surface area contributed by atoms with Gasteiger partial charge in [0.25, 0.3) is 0 Å². The van der Waals surface area contributed by atoms with Crippen LogP contribution in [0, 0.1) is 5.92 Å². The van der Waals surface area contributed by atoms with Crippen LogP contribution in [0.25, 0.3) is 0 Å². The Morgan fingerprint density at radius 2 is 1.87 bits per heavy atom. The van der Waals surface area contributed by atoms with Gasteiger partial charge in [-0.05, 0) is 24.8 Å². The molecule has 0 bridgehead atoms. The molecule has 0 aliphatic carbocycles. The average molecular weight is 204 g/mol. The van der Waals surface area contributed by atoms with Crippen LogP contribution in [-0.4, -0.2) is 5.78 Å². The SMILES string of the molecule is CCCC(=O)C(CC)Cc1ccccc1. The molecule has 1 heteroatoms. The number of carbonyl (C=O) groups is 1. The maximum Gasteiger partial charge on any atom is 0.136 e. The number of rotatable bonds is 6. The zero-order valence-electron chi connectivity index (χ0n) is 9.70. The van der Waals surface area contributed by atoms with Crippen LogP contribution in [0.1, 0.15) is 38.7 Å². The second-order valence-corrected chi connectivity index (χ2v) is 4.01. The topological polar surface area (TPSA) is 17.1 Å². The molecule has 1 unspecified atom stereocenters. The molecule has 15 heavy (non-hydrogen) atoms. The minimum Gasteiger partial charge on any atom is -0.299 e. The molecular weight excluding hydrogens is 184 g/mol. The van der Waals surface area contributed by atoms with Crippen LogP contribution in [0.4, 0.5) is 0 Å². The summed E-state index contributed by atoms with van der Waals surface area (Å²) in [5.74, 6) is 0.635. The molecule has 1 atom stereocenters. The van der Waals surface area contributed by atoms with E-state index in [4.69, 9.17) is 0 Å². The Labute approximate surface area is 92.5 Å². The van der Waals surface area contributed by atoms with Gasteiger partial charge in [0.15, 0.2) is 0 Å². The van der Waals surface area contributed by atoms with Crippen LogP contribution in [0.15, 0.2) is 30.3 Å². The van der Waals surface area contributed by atoms with Crippen LogP contribution in [0.5, 0.6) is 0 Å². The molecule has 82 valence electrons. The van der Waals surface area contributed by atoms with Crippen molar-refractivity contribution in [2.75, 3.05) is 0 Å². The lowest BCUT2D eigenvalue weighted by Crippen LogP contribution is -2.15. The molecule has 0 spiro atoms. The molecule has 0 amide bonds. The van der Waals surface area contributed by atoms with Crippen molar-refractivity contribution in [2.45, 2.75) is 39.5 Å². The lowest BCUT2D eigenvalue weighted by molar-refractivity contribution is -0.122. The summed E-state index contributed by atoms with van der Waals surface area (Å²) in [4.78, 5) is 11.8. The van der Waals surface area contributed by atoms with Gasteiger partial charge in [-0.2, -0.15) is 0 Å².